The Kier molecular flexibility index (Phi) is 6.27. The molecule has 0 unspecified atom stereocenters. The highest BCUT2D eigenvalue weighted by Gasteiger charge is 2.12. The standard InChI is InChI=1S/C23H20N4O4S/c1-30-17-8-9-19(31-2)16(10-17)12-25-26-21(28)13-27-14-24-22-18(23(27)29)11-20(32-22)15-6-4-3-5-7-15/h3-12,14H,13H2,1-2H3,(H,26,28)/b25-12-. The molecule has 2 heterocycles. The second-order valence-electron chi connectivity index (χ2n) is 6.77. The molecule has 2 aromatic heterocycles. The van der Waals surface area contributed by atoms with Gasteiger partial charge in [-0.05, 0) is 29.8 Å². The Hall–Kier alpha value is -3.98. The van der Waals surface area contributed by atoms with Crippen LogP contribution in [0.4, 0.5) is 0 Å². The van der Waals surface area contributed by atoms with Crippen LogP contribution in [0.3, 0.4) is 0 Å². The summed E-state index contributed by atoms with van der Waals surface area (Å²) >= 11 is 1.44. The van der Waals surface area contributed by atoms with E-state index in [9.17, 15) is 9.59 Å². The Morgan fingerprint density at radius 3 is 2.72 bits per heavy atom. The summed E-state index contributed by atoms with van der Waals surface area (Å²) in [4.78, 5) is 31.1. The van der Waals surface area contributed by atoms with E-state index < -0.39 is 5.91 Å². The second kappa shape index (κ2) is 9.44. The third-order valence-corrected chi connectivity index (χ3v) is 5.81. The summed E-state index contributed by atoms with van der Waals surface area (Å²) in [6.07, 6.45) is 2.83. The van der Waals surface area contributed by atoms with Gasteiger partial charge in [-0.2, -0.15) is 5.10 Å². The van der Waals surface area contributed by atoms with Gasteiger partial charge in [0.05, 0.1) is 32.1 Å². The monoisotopic (exact) mass is 448 g/mol. The fourth-order valence-corrected chi connectivity index (χ4v) is 4.12. The zero-order valence-corrected chi connectivity index (χ0v) is 18.3. The van der Waals surface area contributed by atoms with Gasteiger partial charge in [0, 0.05) is 10.4 Å². The van der Waals surface area contributed by atoms with Crippen molar-refractivity contribution in [3.8, 4) is 21.9 Å². The average molecular weight is 449 g/mol. The highest BCUT2D eigenvalue weighted by Crippen LogP contribution is 2.30. The summed E-state index contributed by atoms with van der Waals surface area (Å²) in [6, 6.07) is 16.8. The topological polar surface area (TPSA) is 94.8 Å². The van der Waals surface area contributed by atoms with Crippen molar-refractivity contribution in [2.45, 2.75) is 6.54 Å². The van der Waals surface area contributed by atoms with Crippen molar-refractivity contribution < 1.29 is 14.3 Å². The van der Waals surface area contributed by atoms with Crippen LogP contribution in [0.1, 0.15) is 5.56 Å². The number of hydrogen-bond donors (Lipinski definition) is 1. The molecular weight excluding hydrogens is 428 g/mol. The predicted octanol–water partition coefficient (Wildman–Crippen LogP) is 3.29. The number of carbonyl (C=O) groups is 1. The average Bonchev–Trinajstić information content (AvgIpc) is 3.27. The SMILES string of the molecule is COc1ccc(OC)c(/C=N\NC(=O)Cn2cnc3sc(-c4ccccc4)cc3c2=O)c1. The van der Waals surface area contributed by atoms with Gasteiger partial charge in [0.25, 0.3) is 11.5 Å². The Morgan fingerprint density at radius 1 is 1.16 bits per heavy atom. The van der Waals surface area contributed by atoms with Gasteiger partial charge < -0.3 is 9.47 Å². The molecule has 0 saturated heterocycles. The molecule has 0 radical (unpaired) electrons. The molecule has 0 spiro atoms. The molecule has 2 aromatic carbocycles. The van der Waals surface area contributed by atoms with Crippen LogP contribution in [0, 0.1) is 0 Å². The predicted molar refractivity (Wildman–Crippen MR) is 125 cm³/mol. The van der Waals surface area contributed by atoms with E-state index in [0.717, 1.165) is 10.4 Å². The minimum absolute atomic E-state index is 0.203. The van der Waals surface area contributed by atoms with E-state index in [1.165, 1.54) is 28.4 Å². The number of fused-ring (bicyclic) bond motifs is 1. The number of aromatic nitrogens is 2. The van der Waals surface area contributed by atoms with E-state index in [0.29, 0.717) is 27.3 Å². The Morgan fingerprint density at radius 2 is 1.97 bits per heavy atom. The number of rotatable bonds is 7. The van der Waals surface area contributed by atoms with E-state index in [-0.39, 0.29) is 12.1 Å². The van der Waals surface area contributed by atoms with Crippen LogP contribution in [0.15, 0.2) is 70.8 Å². The third-order valence-electron chi connectivity index (χ3n) is 4.72. The van der Waals surface area contributed by atoms with Crippen LogP contribution < -0.4 is 20.5 Å². The molecule has 9 heteroatoms. The number of carbonyl (C=O) groups excluding carboxylic acids is 1. The first-order valence-corrected chi connectivity index (χ1v) is 10.5. The van der Waals surface area contributed by atoms with Gasteiger partial charge in [0.1, 0.15) is 22.9 Å². The molecule has 162 valence electrons. The Balaban J connectivity index is 1.49. The van der Waals surface area contributed by atoms with Crippen molar-refractivity contribution in [3.05, 3.63) is 76.8 Å². The smallest absolute Gasteiger partial charge is 0.262 e. The first kappa shape index (κ1) is 21.3. The summed E-state index contributed by atoms with van der Waals surface area (Å²) in [7, 11) is 3.10. The Labute approximate surface area is 187 Å². The minimum Gasteiger partial charge on any atom is -0.497 e. The molecule has 8 nitrogen and oxygen atoms in total. The number of benzene rings is 2. The third kappa shape index (κ3) is 4.52. The number of amides is 1. The van der Waals surface area contributed by atoms with Gasteiger partial charge in [-0.3, -0.25) is 14.2 Å². The van der Waals surface area contributed by atoms with E-state index >= 15 is 0 Å². The summed E-state index contributed by atoms with van der Waals surface area (Å²) in [5.41, 5.74) is 3.80. The van der Waals surface area contributed by atoms with Gasteiger partial charge in [-0.25, -0.2) is 10.4 Å². The lowest BCUT2D eigenvalue weighted by Gasteiger charge is -2.07. The largest absolute Gasteiger partial charge is 0.497 e. The fraction of sp³-hybridized carbons (Fsp3) is 0.130. The van der Waals surface area contributed by atoms with Crippen molar-refractivity contribution in [1.82, 2.24) is 15.0 Å². The van der Waals surface area contributed by atoms with E-state index in [1.807, 2.05) is 36.4 Å². The maximum absolute atomic E-state index is 12.8. The molecule has 0 saturated carbocycles. The highest BCUT2D eigenvalue weighted by atomic mass is 32.1. The molecule has 4 aromatic rings. The number of hydrazone groups is 1. The van der Waals surface area contributed by atoms with E-state index in [1.54, 1.807) is 32.4 Å². The molecule has 0 atom stereocenters. The van der Waals surface area contributed by atoms with Crippen molar-refractivity contribution >= 4 is 33.7 Å². The van der Waals surface area contributed by atoms with Crippen molar-refractivity contribution in [1.29, 1.82) is 0 Å². The highest BCUT2D eigenvalue weighted by molar-refractivity contribution is 7.21. The van der Waals surface area contributed by atoms with Crippen LogP contribution >= 0.6 is 11.3 Å². The molecule has 0 aliphatic rings. The molecule has 32 heavy (non-hydrogen) atoms. The van der Waals surface area contributed by atoms with Gasteiger partial charge >= 0.3 is 0 Å². The normalized spacial score (nSPS) is 11.1. The van der Waals surface area contributed by atoms with Crippen molar-refractivity contribution in [2.24, 2.45) is 5.10 Å². The quantitative estimate of drug-likeness (QED) is 0.346. The number of nitrogens with one attached hydrogen (secondary N) is 1. The van der Waals surface area contributed by atoms with Gasteiger partial charge in [0.15, 0.2) is 0 Å². The Bertz CT molecular complexity index is 1350. The molecule has 0 bridgehead atoms. The summed E-state index contributed by atoms with van der Waals surface area (Å²) in [6.45, 7) is -0.203. The fourth-order valence-electron chi connectivity index (χ4n) is 3.12. The van der Waals surface area contributed by atoms with E-state index in [2.05, 4.69) is 15.5 Å². The van der Waals surface area contributed by atoms with Crippen LogP contribution in [0.5, 0.6) is 11.5 Å². The maximum atomic E-state index is 12.8. The number of nitrogens with zero attached hydrogens (tertiary/aromatic N) is 3. The lowest BCUT2D eigenvalue weighted by atomic mass is 10.2. The summed E-state index contributed by atoms with van der Waals surface area (Å²) in [5.74, 6) is 0.765. The molecule has 0 aliphatic carbocycles. The first-order valence-electron chi connectivity index (χ1n) is 9.67. The van der Waals surface area contributed by atoms with Crippen LogP contribution in [0.2, 0.25) is 0 Å². The van der Waals surface area contributed by atoms with E-state index in [4.69, 9.17) is 9.47 Å². The first-order chi connectivity index (χ1) is 15.6. The van der Waals surface area contributed by atoms with Crippen molar-refractivity contribution in [2.75, 3.05) is 14.2 Å². The molecule has 1 N–H and O–H groups in total. The van der Waals surface area contributed by atoms with Gasteiger partial charge in [-0.15, -0.1) is 11.3 Å². The van der Waals surface area contributed by atoms with Crippen LogP contribution in [0.25, 0.3) is 20.7 Å². The molecule has 0 aliphatic heterocycles. The molecule has 0 fully saturated rings. The lowest BCUT2D eigenvalue weighted by Crippen LogP contribution is -2.29. The molecule has 4 rings (SSSR count). The maximum Gasteiger partial charge on any atom is 0.262 e. The van der Waals surface area contributed by atoms with Gasteiger partial charge in [-0.1, -0.05) is 30.3 Å². The number of thiophene rings is 1. The minimum atomic E-state index is -0.454. The zero-order chi connectivity index (χ0) is 22.5. The summed E-state index contributed by atoms with van der Waals surface area (Å²) in [5, 5.41) is 4.44. The number of methoxy groups -OCH3 is 2. The van der Waals surface area contributed by atoms with Gasteiger partial charge in [0.2, 0.25) is 0 Å². The molecular formula is C23H20N4O4S. The lowest BCUT2D eigenvalue weighted by molar-refractivity contribution is -0.121. The zero-order valence-electron chi connectivity index (χ0n) is 17.4. The van der Waals surface area contributed by atoms with Crippen LogP contribution in [-0.4, -0.2) is 35.9 Å². The molecule has 1 amide bonds. The van der Waals surface area contributed by atoms with Crippen LogP contribution in [-0.2, 0) is 11.3 Å². The summed E-state index contributed by atoms with van der Waals surface area (Å²) < 4.78 is 11.7. The number of hydrogen-bond acceptors (Lipinski definition) is 7. The number of ether oxygens (including phenoxy) is 2. The second-order valence-corrected chi connectivity index (χ2v) is 7.80. The van der Waals surface area contributed by atoms with Crippen molar-refractivity contribution in [3.63, 3.8) is 0 Å².